The summed E-state index contributed by atoms with van der Waals surface area (Å²) in [7, 11) is 0. The van der Waals surface area contributed by atoms with Gasteiger partial charge in [-0.2, -0.15) is 0 Å². The molecule has 3 rings (SSSR count). The Hall–Kier alpha value is -2.54. The molecule has 0 aliphatic carbocycles. The molecular formula is C18H21FN4O2. The molecule has 1 fully saturated rings. The Balaban J connectivity index is 1.71. The van der Waals surface area contributed by atoms with Crippen molar-refractivity contribution in [1.82, 2.24) is 15.3 Å². The Morgan fingerprint density at radius 3 is 2.76 bits per heavy atom. The number of rotatable bonds is 4. The Bertz CT molecular complexity index is 781. The molecule has 25 heavy (non-hydrogen) atoms. The van der Waals surface area contributed by atoms with Crippen LogP contribution >= 0.6 is 0 Å². The number of aromatic nitrogens is 2. The summed E-state index contributed by atoms with van der Waals surface area (Å²) in [5.41, 5.74) is 0.809. The van der Waals surface area contributed by atoms with Crippen molar-refractivity contribution in [3.05, 3.63) is 53.2 Å². The number of halogens is 1. The molecule has 1 saturated heterocycles. The molecular weight excluding hydrogens is 323 g/mol. The van der Waals surface area contributed by atoms with Crippen LogP contribution in [0.25, 0.3) is 0 Å². The lowest BCUT2D eigenvalue weighted by molar-refractivity contribution is 0.0913. The maximum Gasteiger partial charge on any atom is 0.251 e. The van der Waals surface area contributed by atoms with Crippen molar-refractivity contribution in [3.8, 4) is 0 Å². The number of hydrogen-bond acceptors (Lipinski definition) is 5. The molecule has 0 bridgehead atoms. The zero-order chi connectivity index (χ0) is 18.0. The standard InChI is InChI=1S/C18H21FN4O2/c1-12-9-16(21-15(10-24)20-12)23-8-7-18(2,11-23)22-17(25)13-3-5-14(19)6-4-13/h3-6,9,24H,7-8,10-11H2,1-2H3,(H,22,25). The first kappa shape index (κ1) is 17.3. The van der Waals surface area contributed by atoms with Crippen molar-refractivity contribution in [2.75, 3.05) is 18.0 Å². The first-order valence-electron chi connectivity index (χ1n) is 8.17. The van der Waals surface area contributed by atoms with Crippen LogP contribution in [0, 0.1) is 12.7 Å². The van der Waals surface area contributed by atoms with Gasteiger partial charge in [-0.25, -0.2) is 14.4 Å². The Labute approximate surface area is 145 Å². The maximum absolute atomic E-state index is 13.0. The number of hydrogen-bond donors (Lipinski definition) is 2. The van der Waals surface area contributed by atoms with Crippen molar-refractivity contribution >= 4 is 11.7 Å². The summed E-state index contributed by atoms with van der Waals surface area (Å²) in [6, 6.07) is 7.37. The van der Waals surface area contributed by atoms with Gasteiger partial charge in [-0.3, -0.25) is 4.79 Å². The van der Waals surface area contributed by atoms with Crippen molar-refractivity contribution in [1.29, 1.82) is 0 Å². The van der Waals surface area contributed by atoms with Crippen LogP contribution in [0.1, 0.15) is 35.2 Å². The van der Waals surface area contributed by atoms with Crippen LogP contribution in [-0.4, -0.2) is 39.6 Å². The van der Waals surface area contributed by atoms with Gasteiger partial charge < -0.3 is 15.3 Å². The van der Waals surface area contributed by atoms with Gasteiger partial charge in [0.1, 0.15) is 18.2 Å². The number of benzene rings is 1. The highest BCUT2D eigenvalue weighted by atomic mass is 19.1. The lowest BCUT2D eigenvalue weighted by Gasteiger charge is -2.26. The fraction of sp³-hybridized carbons (Fsp3) is 0.389. The van der Waals surface area contributed by atoms with E-state index in [1.165, 1.54) is 24.3 Å². The van der Waals surface area contributed by atoms with Gasteiger partial charge in [-0.1, -0.05) is 0 Å². The van der Waals surface area contributed by atoms with Gasteiger partial charge in [0.05, 0.1) is 5.54 Å². The molecule has 2 N–H and O–H groups in total. The van der Waals surface area contributed by atoms with Crippen molar-refractivity contribution in [3.63, 3.8) is 0 Å². The number of aliphatic hydroxyl groups excluding tert-OH is 1. The van der Waals surface area contributed by atoms with E-state index in [9.17, 15) is 14.3 Å². The van der Waals surface area contributed by atoms with Crippen LogP contribution in [0.2, 0.25) is 0 Å². The lowest BCUT2D eigenvalue weighted by atomic mass is 10.0. The molecule has 2 heterocycles. The summed E-state index contributed by atoms with van der Waals surface area (Å²) >= 11 is 0. The lowest BCUT2D eigenvalue weighted by Crippen LogP contribution is -2.48. The highest BCUT2D eigenvalue weighted by Gasteiger charge is 2.36. The molecule has 0 spiro atoms. The van der Waals surface area contributed by atoms with E-state index in [0.29, 0.717) is 17.9 Å². The molecule has 132 valence electrons. The van der Waals surface area contributed by atoms with Gasteiger partial charge in [0, 0.05) is 30.4 Å². The second-order valence-electron chi connectivity index (χ2n) is 6.64. The molecule has 1 aliphatic heterocycles. The molecule has 0 saturated carbocycles. The quantitative estimate of drug-likeness (QED) is 0.884. The highest BCUT2D eigenvalue weighted by Crippen LogP contribution is 2.26. The summed E-state index contributed by atoms with van der Waals surface area (Å²) in [6.45, 7) is 4.97. The number of anilines is 1. The third-order valence-corrected chi connectivity index (χ3v) is 4.35. The van der Waals surface area contributed by atoms with Crippen molar-refractivity contribution < 1.29 is 14.3 Å². The molecule has 7 heteroatoms. The molecule has 1 aromatic heterocycles. The second-order valence-corrected chi connectivity index (χ2v) is 6.64. The zero-order valence-electron chi connectivity index (χ0n) is 14.3. The molecule has 1 unspecified atom stereocenters. The normalized spacial score (nSPS) is 19.9. The minimum atomic E-state index is -0.413. The first-order valence-corrected chi connectivity index (χ1v) is 8.17. The summed E-state index contributed by atoms with van der Waals surface area (Å²) in [4.78, 5) is 23.0. The monoisotopic (exact) mass is 344 g/mol. The Kier molecular flexibility index (Phi) is 4.67. The van der Waals surface area contributed by atoms with Gasteiger partial charge in [-0.15, -0.1) is 0 Å². The predicted octanol–water partition coefficient (Wildman–Crippen LogP) is 1.82. The fourth-order valence-corrected chi connectivity index (χ4v) is 3.05. The average Bonchev–Trinajstić information content (AvgIpc) is 2.96. The number of aryl methyl sites for hydroxylation is 1. The fourth-order valence-electron chi connectivity index (χ4n) is 3.05. The van der Waals surface area contributed by atoms with E-state index in [-0.39, 0.29) is 18.3 Å². The predicted molar refractivity (Wildman–Crippen MR) is 91.8 cm³/mol. The van der Waals surface area contributed by atoms with E-state index < -0.39 is 5.54 Å². The topological polar surface area (TPSA) is 78.4 Å². The number of aliphatic hydroxyl groups is 1. The van der Waals surface area contributed by atoms with Crippen molar-refractivity contribution in [2.24, 2.45) is 0 Å². The number of carbonyl (C=O) groups excluding carboxylic acids is 1. The summed E-state index contributed by atoms with van der Waals surface area (Å²) in [6.07, 6.45) is 0.761. The second kappa shape index (κ2) is 6.76. The van der Waals surface area contributed by atoms with E-state index in [0.717, 1.165) is 24.5 Å². The van der Waals surface area contributed by atoms with E-state index in [1.54, 1.807) is 0 Å². The number of nitrogens with zero attached hydrogens (tertiary/aromatic N) is 3. The van der Waals surface area contributed by atoms with E-state index in [2.05, 4.69) is 20.2 Å². The SMILES string of the molecule is Cc1cc(N2CCC(C)(NC(=O)c3ccc(F)cc3)C2)nc(CO)n1. The van der Waals surface area contributed by atoms with Gasteiger partial charge in [0.25, 0.3) is 5.91 Å². The molecule has 1 aromatic carbocycles. The largest absolute Gasteiger partial charge is 0.388 e. The molecule has 1 amide bonds. The van der Waals surface area contributed by atoms with Gasteiger partial charge >= 0.3 is 0 Å². The van der Waals surface area contributed by atoms with Crippen LogP contribution < -0.4 is 10.2 Å². The highest BCUT2D eigenvalue weighted by molar-refractivity contribution is 5.94. The van der Waals surface area contributed by atoms with Gasteiger partial charge in [0.15, 0.2) is 5.82 Å². The van der Waals surface area contributed by atoms with E-state index in [4.69, 9.17) is 0 Å². The Morgan fingerprint density at radius 1 is 1.36 bits per heavy atom. The first-order chi connectivity index (χ1) is 11.9. The number of amides is 1. The molecule has 1 atom stereocenters. The maximum atomic E-state index is 13.0. The van der Waals surface area contributed by atoms with Gasteiger partial charge in [0.2, 0.25) is 0 Å². The van der Waals surface area contributed by atoms with Crippen LogP contribution in [0.5, 0.6) is 0 Å². The molecule has 2 aromatic rings. The third-order valence-electron chi connectivity index (χ3n) is 4.35. The van der Waals surface area contributed by atoms with Crippen molar-refractivity contribution in [2.45, 2.75) is 32.4 Å². The van der Waals surface area contributed by atoms with E-state index in [1.807, 2.05) is 19.9 Å². The number of carbonyl (C=O) groups is 1. The molecule has 0 radical (unpaired) electrons. The number of nitrogens with one attached hydrogen (secondary N) is 1. The van der Waals surface area contributed by atoms with E-state index >= 15 is 0 Å². The summed E-state index contributed by atoms with van der Waals surface area (Å²) < 4.78 is 13.0. The summed E-state index contributed by atoms with van der Waals surface area (Å²) in [5, 5.41) is 12.3. The van der Waals surface area contributed by atoms with Crippen LogP contribution in [0.4, 0.5) is 10.2 Å². The van der Waals surface area contributed by atoms with Crippen LogP contribution in [0.15, 0.2) is 30.3 Å². The van der Waals surface area contributed by atoms with Gasteiger partial charge in [-0.05, 0) is 44.5 Å². The molecule has 6 nitrogen and oxygen atoms in total. The Morgan fingerprint density at radius 2 is 2.08 bits per heavy atom. The smallest absolute Gasteiger partial charge is 0.251 e. The van der Waals surface area contributed by atoms with Crippen LogP contribution in [0.3, 0.4) is 0 Å². The minimum absolute atomic E-state index is 0.207. The zero-order valence-corrected chi connectivity index (χ0v) is 14.3. The van der Waals surface area contributed by atoms with Crippen LogP contribution in [-0.2, 0) is 6.61 Å². The third kappa shape index (κ3) is 3.93. The summed E-state index contributed by atoms with van der Waals surface area (Å²) in [5.74, 6) is 0.545. The average molecular weight is 344 g/mol. The minimum Gasteiger partial charge on any atom is -0.388 e. The molecule has 1 aliphatic rings.